The molecule has 0 spiro atoms. The van der Waals surface area contributed by atoms with Crippen molar-refractivity contribution in [3.8, 4) is 0 Å². The van der Waals surface area contributed by atoms with Crippen molar-refractivity contribution in [1.82, 2.24) is 0 Å². The third kappa shape index (κ3) is 3.49. The number of rotatable bonds is 5. The molecule has 0 aromatic heterocycles. The molecule has 2 aromatic carbocycles. The molecule has 2 rings (SSSR count). The molecule has 6 nitrogen and oxygen atoms in total. The summed E-state index contributed by atoms with van der Waals surface area (Å²) >= 11 is 0. The van der Waals surface area contributed by atoms with Crippen molar-refractivity contribution in [2.75, 3.05) is 17.7 Å². The van der Waals surface area contributed by atoms with Crippen molar-refractivity contribution < 1.29 is 19.1 Å². The predicted molar refractivity (Wildman–Crippen MR) is 81.9 cm³/mol. The molecule has 0 aliphatic heterocycles. The normalized spacial score (nSPS) is 9.68. The number of benzene rings is 2. The first-order chi connectivity index (χ1) is 10.7. The van der Waals surface area contributed by atoms with E-state index >= 15 is 0 Å². The average molecular weight is 298 g/mol. The Bertz CT molecular complexity index is 696. The van der Waals surface area contributed by atoms with Crippen LogP contribution in [0.5, 0.6) is 0 Å². The number of carbonyl (C=O) groups excluding carboxylic acids is 3. The Morgan fingerprint density at radius 2 is 1.73 bits per heavy atom. The van der Waals surface area contributed by atoms with E-state index in [0.717, 1.165) is 0 Å². The van der Waals surface area contributed by atoms with Gasteiger partial charge >= 0.3 is 5.97 Å². The van der Waals surface area contributed by atoms with Gasteiger partial charge in [0.2, 0.25) is 6.41 Å². The highest BCUT2D eigenvalue weighted by molar-refractivity contribution is 6.08. The van der Waals surface area contributed by atoms with E-state index in [1.54, 1.807) is 48.5 Å². The Morgan fingerprint density at radius 1 is 1.05 bits per heavy atom. The van der Waals surface area contributed by atoms with Gasteiger partial charge in [-0.05, 0) is 36.4 Å². The van der Waals surface area contributed by atoms with Gasteiger partial charge in [0, 0.05) is 11.3 Å². The van der Waals surface area contributed by atoms with Crippen molar-refractivity contribution in [1.29, 1.82) is 0 Å². The van der Waals surface area contributed by atoms with E-state index in [1.807, 2.05) is 0 Å². The van der Waals surface area contributed by atoms with Crippen LogP contribution in [0, 0.1) is 0 Å². The van der Waals surface area contributed by atoms with Crippen LogP contribution in [0.1, 0.15) is 20.7 Å². The van der Waals surface area contributed by atoms with Gasteiger partial charge in [0.15, 0.2) is 0 Å². The van der Waals surface area contributed by atoms with Gasteiger partial charge in [0.05, 0.1) is 18.4 Å². The van der Waals surface area contributed by atoms with Crippen LogP contribution >= 0.6 is 0 Å². The van der Waals surface area contributed by atoms with Crippen LogP contribution in [-0.2, 0) is 9.53 Å². The van der Waals surface area contributed by atoms with Gasteiger partial charge in [0.1, 0.15) is 0 Å². The van der Waals surface area contributed by atoms with E-state index in [9.17, 15) is 14.4 Å². The summed E-state index contributed by atoms with van der Waals surface area (Å²) < 4.78 is 4.68. The maximum atomic E-state index is 12.2. The van der Waals surface area contributed by atoms with Crippen LogP contribution in [0.15, 0.2) is 48.5 Å². The predicted octanol–water partition coefficient (Wildman–Crippen LogP) is 2.29. The van der Waals surface area contributed by atoms with E-state index in [0.29, 0.717) is 23.3 Å². The van der Waals surface area contributed by atoms with E-state index in [1.165, 1.54) is 7.11 Å². The summed E-state index contributed by atoms with van der Waals surface area (Å²) in [5, 5.41) is 5.15. The summed E-state index contributed by atoms with van der Waals surface area (Å²) in [4.78, 5) is 34.2. The first kappa shape index (κ1) is 15.2. The number of para-hydroxylation sites is 1. The zero-order valence-corrected chi connectivity index (χ0v) is 11.8. The molecule has 112 valence electrons. The number of carbonyl (C=O) groups is 3. The summed E-state index contributed by atoms with van der Waals surface area (Å²) in [7, 11) is 1.28. The molecule has 0 atom stereocenters. The highest BCUT2D eigenvalue weighted by atomic mass is 16.5. The smallest absolute Gasteiger partial charge is 0.339 e. The summed E-state index contributed by atoms with van der Waals surface area (Å²) in [5.41, 5.74) is 1.63. The third-order valence-corrected chi connectivity index (χ3v) is 2.95. The lowest BCUT2D eigenvalue weighted by Crippen LogP contribution is -2.15. The van der Waals surface area contributed by atoms with Gasteiger partial charge in [-0.25, -0.2) is 4.79 Å². The van der Waals surface area contributed by atoms with Crippen molar-refractivity contribution in [3.05, 3.63) is 59.7 Å². The second-order valence-corrected chi connectivity index (χ2v) is 4.33. The fraction of sp³-hybridized carbons (Fsp3) is 0.0625. The van der Waals surface area contributed by atoms with Crippen molar-refractivity contribution in [2.45, 2.75) is 0 Å². The van der Waals surface area contributed by atoms with Crippen molar-refractivity contribution in [3.63, 3.8) is 0 Å². The maximum absolute atomic E-state index is 12.2. The summed E-state index contributed by atoms with van der Waals surface area (Å²) in [6.45, 7) is 0. The molecule has 2 aromatic rings. The molecular formula is C16H14N2O4. The van der Waals surface area contributed by atoms with Gasteiger partial charge in [0.25, 0.3) is 5.91 Å². The Morgan fingerprint density at radius 3 is 2.36 bits per heavy atom. The minimum atomic E-state index is -0.526. The lowest BCUT2D eigenvalue weighted by atomic mass is 10.1. The molecule has 0 radical (unpaired) electrons. The number of hydrogen-bond donors (Lipinski definition) is 2. The summed E-state index contributed by atoms with van der Waals surface area (Å²) in [6, 6.07) is 12.9. The van der Waals surface area contributed by atoms with Gasteiger partial charge in [-0.1, -0.05) is 12.1 Å². The molecule has 0 bridgehead atoms. The molecule has 6 heteroatoms. The molecule has 0 fully saturated rings. The number of methoxy groups -OCH3 is 1. The van der Waals surface area contributed by atoms with Crippen LogP contribution in [-0.4, -0.2) is 25.4 Å². The monoisotopic (exact) mass is 298 g/mol. The number of hydrogen-bond acceptors (Lipinski definition) is 4. The SMILES string of the molecule is COC(=O)c1ccccc1NC(=O)c1ccc(NC=O)cc1. The maximum Gasteiger partial charge on any atom is 0.339 e. The van der Waals surface area contributed by atoms with Gasteiger partial charge in [-0.2, -0.15) is 0 Å². The van der Waals surface area contributed by atoms with Gasteiger partial charge in [-0.15, -0.1) is 0 Å². The fourth-order valence-corrected chi connectivity index (χ4v) is 1.86. The molecule has 2 amide bonds. The lowest BCUT2D eigenvalue weighted by molar-refractivity contribution is -0.105. The van der Waals surface area contributed by atoms with E-state index in [-0.39, 0.29) is 11.5 Å². The Kier molecular flexibility index (Phi) is 4.87. The topological polar surface area (TPSA) is 84.5 Å². The number of ether oxygens (including phenoxy) is 1. The molecule has 0 saturated heterocycles. The highest BCUT2D eigenvalue weighted by Crippen LogP contribution is 2.17. The molecule has 0 saturated carbocycles. The number of amides is 2. The second kappa shape index (κ2) is 7.03. The van der Waals surface area contributed by atoms with Crippen LogP contribution in [0.25, 0.3) is 0 Å². The van der Waals surface area contributed by atoms with Crippen LogP contribution in [0.2, 0.25) is 0 Å². The number of nitrogens with one attached hydrogen (secondary N) is 2. The molecular weight excluding hydrogens is 284 g/mol. The zero-order valence-electron chi connectivity index (χ0n) is 11.8. The second-order valence-electron chi connectivity index (χ2n) is 4.33. The van der Waals surface area contributed by atoms with Crippen molar-refractivity contribution in [2.24, 2.45) is 0 Å². The Balaban J connectivity index is 2.18. The van der Waals surface area contributed by atoms with Gasteiger partial charge in [-0.3, -0.25) is 9.59 Å². The molecule has 0 unspecified atom stereocenters. The minimum absolute atomic E-state index is 0.276. The van der Waals surface area contributed by atoms with Crippen molar-refractivity contribution >= 4 is 29.7 Å². The summed E-state index contributed by atoms with van der Waals surface area (Å²) in [6.07, 6.45) is 0.557. The molecule has 2 N–H and O–H groups in total. The van der Waals surface area contributed by atoms with E-state index < -0.39 is 5.97 Å². The first-order valence-corrected chi connectivity index (χ1v) is 6.44. The first-order valence-electron chi connectivity index (χ1n) is 6.44. The molecule has 0 heterocycles. The van der Waals surface area contributed by atoms with Gasteiger partial charge < -0.3 is 15.4 Å². The largest absolute Gasteiger partial charge is 0.465 e. The number of anilines is 2. The van der Waals surface area contributed by atoms with E-state index in [2.05, 4.69) is 15.4 Å². The van der Waals surface area contributed by atoms with Crippen LogP contribution in [0.3, 0.4) is 0 Å². The highest BCUT2D eigenvalue weighted by Gasteiger charge is 2.14. The third-order valence-electron chi connectivity index (χ3n) is 2.95. The molecule has 0 aliphatic rings. The Labute approximate surface area is 127 Å². The standard InChI is InChI=1S/C16H14N2O4/c1-22-16(21)13-4-2-3-5-14(13)18-15(20)11-6-8-12(9-7-11)17-10-19/h2-10H,1H3,(H,17,19)(H,18,20). The quantitative estimate of drug-likeness (QED) is 0.655. The van der Waals surface area contributed by atoms with Crippen LogP contribution in [0.4, 0.5) is 11.4 Å². The summed E-state index contributed by atoms with van der Waals surface area (Å²) in [5.74, 6) is -0.893. The fourth-order valence-electron chi connectivity index (χ4n) is 1.86. The minimum Gasteiger partial charge on any atom is -0.465 e. The molecule has 0 aliphatic carbocycles. The Hall–Kier alpha value is -3.15. The lowest BCUT2D eigenvalue weighted by Gasteiger charge is -2.10. The number of esters is 1. The zero-order chi connectivity index (χ0) is 15.9. The van der Waals surface area contributed by atoms with E-state index in [4.69, 9.17) is 0 Å². The molecule has 22 heavy (non-hydrogen) atoms. The average Bonchev–Trinajstić information content (AvgIpc) is 2.55. The van der Waals surface area contributed by atoms with Crippen LogP contribution < -0.4 is 10.6 Å².